The van der Waals surface area contributed by atoms with Gasteiger partial charge in [0.1, 0.15) is 5.70 Å². The third-order valence-corrected chi connectivity index (χ3v) is 6.40. The molecular weight excluding hydrogens is 426 g/mol. The fraction of sp³-hybridized carbons (Fsp3) is 0.417. The van der Waals surface area contributed by atoms with Crippen LogP contribution in [0.25, 0.3) is 5.57 Å². The summed E-state index contributed by atoms with van der Waals surface area (Å²) in [5, 5.41) is 1.91. The van der Waals surface area contributed by atoms with Crippen LogP contribution in [0.3, 0.4) is 0 Å². The summed E-state index contributed by atoms with van der Waals surface area (Å²) in [5.41, 5.74) is 2.47. The summed E-state index contributed by atoms with van der Waals surface area (Å²) in [6, 6.07) is 11.4. The van der Waals surface area contributed by atoms with Crippen molar-refractivity contribution in [2.24, 2.45) is 0 Å². The molecule has 0 unspecified atom stereocenters. The van der Waals surface area contributed by atoms with E-state index in [-0.39, 0.29) is 11.8 Å². The number of methoxy groups -OCH3 is 2. The monoisotopic (exact) mass is 457 g/mol. The highest BCUT2D eigenvalue weighted by atomic mass is 32.1. The topological polar surface area (TPSA) is 62.3 Å². The van der Waals surface area contributed by atoms with E-state index in [1.54, 1.807) is 14.2 Å². The van der Waals surface area contributed by atoms with Crippen molar-refractivity contribution in [3.05, 3.63) is 52.4 Å². The molecule has 1 aliphatic rings. The van der Waals surface area contributed by atoms with Crippen LogP contribution in [0.2, 0.25) is 0 Å². The van der Waals surface area contributed by atoms with Gasteiger partial charge in [0.05, 0.1) is 24.5 Å². The fourth-order valence-corrected chi connectivity index (χ4v) is 4.59. The standard InChI is InChI=1S/C24H31N3O4S/c1-5-25(6-2)18-9-11-19(12-10-18)27-23(28)21(20-8-7-17-32-20)22(24(27)29)26(13-15-30-3)14-16-31-4/h7-12,17H,5-6,13-16H2,1-4H3. The Morgan fingerprint density at radius 1 is 0.875 bits per heavy atom. The summed E-state index contributed by atoms with van der Waals surface area (Å²) in [5.74, 6) is -0.621. The molecule has 2 heterocycles. The van der Waals surface area contributed by atoms with Crippen LogP contribution in [-0.2, 0) is 19.1 Å². The van der Waals surface area contributed by atoms with Gasteiger partial charge in [-0.2, -0.15) is 0 Å². The van der Waals surface area contributed by atoms with E-state index in [0.29, 0.717) is 43.3 Å². The predicted octanol–water partition coefficient (Wildman–Crippen LogP) is 3.47. The van der Waals surface area contributed by atoms with Gasteiger partial charge in [-0.25, -0.2) is 4.90 Å². The van der Waals surface area contributed by atoms with Gasteiger partial charge >= 0.3 is 0 Å². The first-order valence-electron chi connectivity index (χ1n) is 10.8. The zero-order valence-electron chi connectivity index (χ0n) is 19.2. The van der Waals surface area contributed by atoms with Gasteiger partial charge in [-0.05, 0) is 49.6 Å². The number of benzene rings is 1. The van der Waals surface area contributed by atoms with Gasteiger partial charge in [-0.1, -0.05) is 6.07 Å². The highest BCUT2D eigenvalue weighted by Crippen LogP contribution is 2.37. The molecule has 2 aromatic rings. The van der Waals surface area contributed by atoms with Crippen molar-refractivity contribution in [1.82, 2.24) is 4.90 Å². The molecule has 1 aromatic carbocycles. The Labute approximate surface area is 193 Å². The van der Waals surface area contributed by atoms with E-state index in [1.807, 2.05) is 46.7 Å². The Kier molecular flexibility index (Phi) is 8.44. The van der Waals surface area contributed by atoms with Gasteiger partial charge < -0.3 is 19.3 Å². The molecule has 0 fully saturated rings. The lowest BCUT2D eigenvalue weighted by atomic mass is 10.1. The first kappa shape index (κ1) is 24.0. The van der Waals surface area contributed by atoms with E-state index >= 15 is 0 Å². The normalized spacial score (nSPS) is 13.9. The Morgan fingerprint density at radius 3 is 2.00 bits per heavy atom. The number of hydrogen-bond acceptors (Lipinski definition) is 7. The molecule has 1 aliphatic heterocycles. The smallest absolute Gasteiger partial charge is 0.282 e. The average molecular weight is 458 g/mol. The zero-order valence-corrected chi connectivity index (χ0v) is 20.0. The van der Waals surface area contributed by atoms with E-state index in [1.165, 1.54) is 16.2 Å². The number of nitrogens with zero attached hydrogens (tertiary/aromatic N) is 3. The zero-order chi connectivity index (χ0) is 23.1. The number of rotatable bonds is 12. The molecule has 0 bridgehead atoms. The molecule has 32 heavy (non-hydrogen) atoms. The van der Waals surface area contributed by atoms with E-state index in [9.17, 15) is 9.59 Å². The molecule has 1 aromatic heterocycles. The van der Waals surface area contributed by atoms with Crippen LogP contribution in [0.4, 0.5) is 11.4 Å². The second-order valence-electron chi connectivity index (χ2n) is 7.31. The second kappa shape index (κ2) is 11.3. The fourth-order valence-electron chi connectivity index (χ4n) is 3.83. The number of carbonyl (C=O) groups is 2. The molecule has 0 saturated carbocycles. The molecule has 2 amide bonds. The quantitative estimate of drug-likeness (QED) is 0.455. The highest BCUT2D eigenvalue weighted by Gasteiger charge is 2.42. The van der Waals surface area contributed by atoms with E-state index in [0.717, 1.165) is 23.7 Å². The Bertz CT molecular complexity index is 929. The van der Waals surface area contributed by atoms with Gasteiger partial charge in [0.25, 0.3) is 11.8 Å². The molecule has 0 radical (unpaired) electrons. The SMILES string of the molecule is CCN(CC)c1ccc(N2C(=O)C(c3cccs3)=C(N(CCOC)CCOC)C2=O)cc1. The van der Waals surface area contributed by atoms with Crippen molar-refractivity contribution in [2.45, 2.75) is 13.8 Å². The molecule has 7 nitrogen and oxygen atoms in total. The minimum atomic E-state index is -0.318. The van der Waals surface area contributed by atoms with Crippen molar-refractivity contribution >= 4 is 40.1 Å². The molecule has 0 spiro atoms. The summed E-state index contributed by atoms with van der Waals surface area (Å²) < 4.78 is 10.5. The first-order chi connectivity index (χ1) is 15.6. The Hall–Kier alpha value is -2.68. The van der Waals surface area contributed by atoms with Crippen molar-refractivity contribution < 1.29 is 19.1 Å². The van der Waals surface area contributed by atoms with Gasteiger partial charge in [0.15, 0.2) is 0 Å². The van der Waals surface area contributed by atoms with Crippen LogP contribution in [0, 0.1) is 0 Å². The van der Waals surface area contributed by atoms with Crippen molar-refractivity contribution in [3.8, 4) is 0 Å². The summed E-state index contributed by atoms with van der Waals surface area (Å²) in [7, 11) is 3.24. The van der Waals surface area contributed by atoms with Crippen LogP contribution in [0.15, 0.2) is 47.5 Å². The number of thiophene rings is 1. The van der Waals surface area contributed by atoms with E-state index in [2.05, 4.69) is 18.7 Å². The van der Waals surface area contributed by atoms with Crippen LogP contribution in [0.1, 0.15) is 18.7 Å². The molecule has 0 aliphatic carbocycles. The molecule has 0 atom stereocenters. The van der Waals surface area contributed by atoms with Crippen molar-refractivity contribution in [1.29, 1.82) is 0 Å². The van der Waals surface area contributed by atoms with E-state index < -0.39 is 0 Å². The van der Waals surface area contributed by atoms with Gasteiger partial charge in [0, 0.05) is 51.0 Å². The minimum Gasteiger partial charge on any atom is -0.383 e. The largest absolute Gasteiger partial charge is 0.383 e. The van der Waals surface area contributed by atoms with Crippen molar-refractivity contribution in [3.63, 3.8) is 0 Å². The van der Waals surface area contributed by atoms with Crippen LogP contribution in [-0.4, -0.2) is 70.3 Å². The highest BCUT2D eigenvalue weighted by molar-refractivity contribution is 7.11. The maximum Gasteiger partial charge on any atom is 0.282 e. The molecule has 8 heteroatoms. The van der Waals surface area contributed by atoms with Crippen LogP contribution >= 0.6 is 11.3 Å². The first-order valence-corrected chi connectivity index (χ1v) is 11.7. The summed E-state index contributed by atoms with van der Waals surface area (Å²) in [4.78, 5) is 33.4. The number of carbonyl (C=O) groups excluding carboxylic acids is 2. The molecular formula is C24H31N3O4S. The lowest BCUT2D eigenvalue weighted by Gasteiger charge is -2.26. The molecule has 172 valence electrons. The lowest BCUT2D eigenvalue weighted by Crippen LogP contribution is -2.37. The lowest BCUT2D eigenvalue weighted by molar-refractivity contribution is -0.120. The average Bonchev–Trinajstić information content (AvgIpc) is 3.42. The van der Waals surface area contributed by atoms with Crippen LogP contribution in [0.5, 0.6) is 0 Å². The maximum absolute atomic E-state index is 13.6. The number of imide groups is 1. The Morgan fingerprint density at radius 2 is 1.50 bits per heavy atom. The molecule has 3 rings (SSSR count). The summed E-state index contributed by atoms with van der Waals surface area (Å²) in [6.45, 7) is 7.82. The van der Waals surface area contributed by atoms with Gasteiger partial charge in [-0.3, -0.25) is 9.59 Å². The number of hydrogen-bond donors (Lipinski definition) is 0. The van der Waals surface area contributed by atoms with E-state index in [4.69, 9.17) is 9.47 Å². The molecule has 0 N–H and O–H groups in total. The third-order valence-electron chi connectivity index (χ3n) is 5.51. The van der Waals surface area contributed by atoms with Gasteiger partial charge in [0.2, 0.25) is 0 Å². The van der Waals surface area contributed by atoms with Crippen LogP contribution < -0.4 is 9.80 Å². The summed E-state index contributed by atoms with van der Waals surface area (Å²) >= 11 is 1.45. The molecule has 0 saturated heterocycles. The third kappa shape index (κ3) is 4.87. The Balaban J connectivity index is 2.00. The maximum atomic E-state index is 13.6. The van der Waals surface area contributed by atoms with Crippen molar-refractivity contribution in [2.75, 3.05) is 63.4 Å². The summed E-state index contributed by atoms with van der Waals surface area (Å²) in [6.07, 6.45) is 0. The predicted molar refractivity (Wildman–Crippen MR) is 129 cm³/mol. The second-order valence-corrected chi connectivity index (χ2v) is 8.26. The number of ether oxygens (including phenoxy) is 2. The minimum absolute atomic E-state index is 0.303. The van der Waals surface area contributed by atoms with Gasteiger partial charge in [-0.15, -0.1) is 11.3 Å². The number of anilines is 2. The number of amides is 2.